The van der Waals surface area contributed by atoms with E-state index in [0.29, 0.717) is 24.8 Å². The van der Waals surface area contributed by atoms with E-state index in [9.17, 15) is 9.70 Å². The Hall–Kier alpha value is -1.77. The molecule has 24 heavy (non-hydrogen) atoms. The summed E-state index contributed by atoms with van der Waals surface area (Å²) in [6.45, 7) is 6.72. The van der Waals surface area contributed by atoms with Crippen molar-refractivity contribution in [1.29, 1.82) is 0 Å². The topological polar surface area (TPSA) is 77.9 Å². The molecule has 0 bridgehead atoms. The van der Waals surface area contributed by atoms with Gasteiger partial charge in [-0.1, -0.05) is 32.0 Å². The Kier molecular flexibility index (Phi) is 9.21. The fourth-order valence-corrected chi connectivity index (χ4v) is 2.43. The van der Waals surface area contributed by atoms with Crippen molar-refractivity contribution in [3.8, 4) is 0 Å². The number of carbonyl (C=O) groups is 1. The Balaban J connectivity index is 0.000000307. The molecule has 0 spiro atoms. The zero-order valence-corrected chi connectivity index (χ0v) is 16.1. The summed E-state index contributed by atoms with van der Waals surface area (Å²) in [6.07, 6.45) is 0.895. The molecule has 0 aliphatic rings. The summed E-state index contributed by atoms with van der Waals surface area (Å²) in [5, 5.41) is 3.29. The Morgan fingerprint density at radius 2 is 2.04 bits per heavy atom. The number of aromatic nitrogens is 1. The molecule has 0 saturated carbocycles. The minimum Gasteiger partial charge on any atom is -0.461 e. The highest BCUT2D eigenvalue weighted by molar-refractivity contribution is 14.1. The van der Waals surface area contributed by atoms with E-state index in [1.165, 1.54) is 0 Å². The predicted octanol–water partition coefficient (Wildman–Crippen LogP) is 4.75. The van der Waals surface area contributed by atoms with Crippen LogP contribution in [0.15, 0.2) is 35.7 Å². The van der Waals surface area contributed by atoms with Gasteiger partial charge in [0.2, 0.25) is 0 Å². The quantitative estimate of drug-likeness (QED) is 0.211. The number of pyridine rings is 1. The fourth-order valence-electron chi connectivity index (χ4n) is 1.76. The molecule has 6 nitrogen and oxygen atoms in total. The van der Waals surface area contributed by atoms with Crippen LogP contribution in [0.1, 0.15) is 37.7 Å². The standard InChI is InChI=1S/C12H10INO2.C5H11NO2/c1-2-16-12(15)11-9(13)7-8-5-3-4-6-10(8)14-11;1-5(2)3-4-8-6-7/h3-7H,2H2,1H3;5H,3-4H2,1-2H3. The highest BCUT2D eigenvalue weighted by Gasteiger charge is 2.13. The highest BCUT2D eigenvalue weighted by atomic mass is 127. The average Bonchev–Trinajstić information content (AvgIpc) is 2.55. The van der Waals surface area contributed by atoms with E-state index >= 15 is 0 Å². The molecule has 2 aromatic rings. The first-order valence-electron chi connectivity index (χ1n) is 7.66. The number of carbonyl (C=O) groups excluding carboxylic acids is 1. The molecule has 0 radical (unpaired) electrons. The lowest BCUT2D eigenvalue weighted by atomic mass is 10.1. The lowest BCUT2D eigenvalue weighted by Crippen LogP contribution is -2.09. The van der Waals surface area contributed by atoms with E-state index in [2.05, 4.69) is 51.6 Å². The number of ether oxygens (including phenoxy) is 1. The Labute approximate surface area is 155 Å². The molecular weight excluding hydrogens is 423 g/mol. The molecule has 0 atom stereocenters. The van der Waals surface area contributed by atoms with Crippen LogP contribution < -0.4 is 0 Å². The SMILES string of the molecule is CC(C)CCON=O.CCOC(=O)c1nc2ccccc2cc1I. The van der Waals surface area contributed by atoms with Gasteiger partial charge in [-0.05, 0) is 54.0 Å². The van der Waals surface area contributed by atoms with Crippen molar-refractivity contribution in [3.05, 3.63) is 44.5 Å². The molecule has 0 unspecified atom stereocenters. The molecule has 1 aromatic carbocycles. The van der Waals surface area contributed by atoms with Gasteiger partial charge in [-0.25, -0.2) is 9.78 Å². The number of fused-ring (bicyclic) bond motifs is 1. The van der Waals surface area contributed by atoms with Crippen molar-refractivity contribution in [1.82, 2.24) is 4.98 Å². The van der Waals surface area contributed by atoms with Crippen molar-refractivity contribution < 1.29 is 14.4 Å². The molecular formula is C17H21IN2O4. The average molecular weight is 444 g/mol. The zero-order valence-electron chi connectivity index (χ0n) is 14.0. The summed E-state index contributed by atoms with van der Waals surface area (Å²) in [5.41, 5.74) is 1.20. The summed E-state index contributed by atoms with van der Waals surface area (Å²) in [4.78, 5) is 29.5. The third kappa shape index (κ3) is 6.77. The fraction of sp³-hybridized carbons (Fsp3) is 0.412. The number of hydrogen-bond donors (Lipinski definition) is 0. The number of rotatable bonds is 6. The Bertz CT molecular complexity index is 677. The van der Waals surface area contributed by atoms with E-state index in [4.69, 9.17) is 4.74 Å². The van der Waals surface area contributed by atoms with Crippen LogP contribution in [-0.4, -0.2) is 24.2 Å². The van der Waals surface area contributed by atoms with Gasteiger partial charge in [-0.2, -0.15) is 0 Å². The monoisotopic (exact) mass is 444 g/mol. The molecule has 0 aliphatic heterocycles. The van der Waals surface area contributed by atoms with E-state index < -0.39 is 0 Å². The maximum atomic E-state index is 11.6. The van der Waals surface area contributed by atoms with Gasteiger partial charge in [0, 0.05) is 8.96 Å². The molecule has 0 aliphatic carbocycles. The number of benzene rings is 1. The second-order valence-electron chi connectivity index (χ2n) is 5.32. The normalized spacial score (nSPS) is 10.0. The summed E-state index contributed by atoms with van der Waals surface area (Å²) >= 11 is 2.10. The van der Waals surface area contributed by atoms with Crippen molar-refractivity contribution in [2.75, 3.05) is 13.2 Å². The zero-order chi connectivity index (χ0) is 17.9. The van der Waals surface area contributed by atoms with Crippen LogP contribution in [0.2, 0.25) is 0 Å². The van der Waals surface area contributed by atoms with Crippen LogP contribution in [0.4, 0.5) is 0 Å². The van der Waals surface area contributed by atoms with Gasteiger partial charge in [-0.3, -0.25) is 0 Å². The Morgan fingerprint density at radius 1 is 1.33 bits per heavy atom. The first kappa shape index (κ1) is 20.3. The van der Waals surface area contributed by atoms with E-state index in [-0.39, 0.29) is 5.97 Å². The maximum absolute atomic E-state index is 11.6. The van der Waals surface area contributed by atoms with Gasteiger partial charge in [0.15, 0.2) is 11.0 Å². The van der Waals surface area contributed by atoms with Gasteiger partial charge in [0.05, 0.1) is 12.1 Å². The molecule has 0 N–H and O–H groups in total. The molecule has 0 saturated heterocycles. The van der Waals surface area contributed by atoms with Crippen molar-refractivity contribution >= 4 is 39.5 Å². The van der Waals surface area contributed by atoms with E-state index in [0.717, 1.165) is 20.9 Å². The number of nitrogens with zero attached hydrogens (tertiary/aromatic N) is 2. The third-order valence-corrected chi connectivity index (χ3v) is 3.81. The lowest BCUT2D eigenvalue weighted by Gasteiger charge is -2.05. The van der Waals surface area contributed by atoms with Crippen LogP contribution in [0.3, 0.4) is 0 Å². The maximum Gasteiger partial charge on any atom is 0.358 e. The summed E-state index contributed by atoms with van der Waals surface area (Å²) in [6, 6.07) is 9.64. The van der Waals surface area contributed by atoms with Crippen LogP contribution in [0.25, 0.3) is 10.9 Å². The second kappa shape index (κ2) is 10.9. The van der Waals surface area contributed by atoms with Gasteiger partial charge in [-0.15, -0.1) is 4.91 Å². The molecule has 130 valence electrons. The molecule has 2 rings (SSSR count). The molecule has 1 heterocycles. The van der Waals surface area contributed by atoms with Crippen molar-refractivity contribution in [2.24, 2.45) is 11.3 Å². The minimum atomic E-state index is -0.363. The van der Waals surface area contributed by atoms with Crippen LogP contribution in [0, 0.1) is 14.4 Å². The van der Waals surface area contributed by atoms with Crippen LogP contribution in [0.5, 0.6) is 0 Å². The predicted molar refractivity (Wildman–Crippen MR) is 102 cm³/mol. The van der Waals surface area contributed by atoms with Gasteiger partial charge in [0.25, 0.3) is 0 Å². The van der Waals surface area contributed by atoms with Crippen LogP contribution >= 0.6 is 22.6 Å². The molecule has 7 heteroatoms. The van der Waals surface area contributed by atoms with Crippen molar-refractivity contribution in [2.45, 2.75) is 27.2 Å². The largest absolute Gasteiger partial charge is 0.461 e. The second-order valence-corrected chi connectivity index (χ2v) is 6.48. The van der Waals surface area contributed by atoms with Gasteiger partial charge < -0.3 is 9.57 Å². The van der Waals surface area contributed by atoms with E-state index in [1.54, 1.807) is 6.92 Å². The third-order valence-electron chi connectivity index (χ3n) is 2.99. The highest BCUT2D eigenvalue weighted by Crippen LogP contribution is 2.18. The first-order chi connectivity index (χ1) is 11.5. The summed E-state index contributed by atoms with van der Waals surface area (Å²) in [7, 11) is 0. The van der Waals surface area contributed by atoms with Crippen molar-refractivity contribution in [3.63, 3.8) is 0 Å². The minimum absolute atomic E-state index is 0.363. The summed E-state index contributed by atoms with van der Waals surface area (Å²) in [5.74, 6) is 0.217. The molecule has 0 amide bonds. The first-order valence-corrected chi connectivity index (χ1v) is 8.74. The number of para-hydroxylation sites is 1. The lowest BCUT2D eigenvalue weighted by molar-refractivity contribution is 0.0518. The summed E-state index contributed by atoms with van der Waals surface area (Å²) < 4.78 is 5.77. The van der Waals surface area contributed by atoms with Gasteiger partial charge in [0.1, 0.15) is 6.61 Å². The van der Waals surface area contributed by atoms with E-state index in [1.807, 2.05) is 30.3 Å². The number of esters is 1. The Morgan fingerprint density at radius 3 is 2.67 bits per heavy atom. The molecule has 1 aromatic heterocycles. The number of halogens is 1. The van der Waals surface area contributed by atoms with Gasteiger partial charge >= 0.3 is 5.97 Å². The number of hydrogen-bond acceptors (Lipinski definition) is 6. The van der Waals surface area contributed by atoms with Crippen LogP contribution in [-0.2, 0) is 9.57 Å². The smallest absolute Gasteiger partial charge is 0.358 e. The molecule has 0 fully saturated rings.